The second-order valence-electron chi connectivity index (χ2n) is 7.17. The monoisotopic (exact) mass is 374 g/mol. The lowest BCUT2D eigenvalue weighted by Crippen LogP contribution is -2.55. The van der Waals surface area contributed by atoms with Gasteiger partial charge in [-0.3, -0.25) is 14.5 Å². The first kappa shape index (κ1) is 19.5. The van der Waals surface area contributed by atoms with Crippen molar-refractivity contribution >= 4 is 17.5 Å². The molecular weight excluding hydrogens is 344 g/mol. The molecule has 3 rings (SSSR count). The zero-order chi connectivity index (χ0) is 19.2. The van der Waals surface area contributed by atoms with E-state index >= 15 is 0 Å². The van der Waals surface area contributed by atoms with E-state index in [-0.39, 0.29) is 11.8 Å². The fourth-order valence-electron chi connectivity index (χ4n) is 3.95. The third-order valence-corrected chi connectivity index (χ3v) is 5.39. The van der Waals surface area contributed by atoms with Crippen molar-refractivity contribution in [2.45, 2.75) is 32.2 Å². The standard InChI is InChI=1S/C20H30N4O3/c1-2-27-18-9-4-3-7-16(18)23-13-11-22(12-14-23)15-19(25)24-10-6-5-8-17(24)20(21)26/h3-4,7,9,17H,2,5-6,8,10-15H2,1H3,(H2,21,26)/t17-/m1/s1. The summed E-state index contributed by atoms with van der Waals surface area (Å²) in [4.78, 5) is 30.5. The topological polar surface area (TPSA) is 79.1 Å². The number of piperidine rings is 1. The number of hydrogen-bond donors (Lipinski definition) is 1. The molecule has 2 amide bonds. The Hall–Kier alpha value is -2.28. The van der Waals surface area contributed by atoms with Gasteiger partial charge in [0.1, 0.15) is 11.8 Å². The van der Waals surface area contributed by atoms with Gasteiger partial charge in [0.15, 0.2) is 0 Å². The van der Waals surface area contributed by atoms with Gasteiger partial charge in [0.2, 0.25) is 11.8 Å². The van der Waals surface area contributed by atoms with Gasteiger partial charge in [-0.25, -0.2) is 0 Å². The molecule has 7 nitrogen and oxygen atoms in total. The van der Waals surface area contributed by atoms with Crippen molar-refractivity contribution in [2.75, 3.05) is 50.8 Å². The molecule has 1 atom stereocenters. The molecule has 2 fully saturated rings. The van der Waals surface area contributed by atoms with Gasteiger partial charge in [0.05, 0.1) is 18.8 Å². The van der Waals surface area contributed by atoms with Gasteiger partial charge in [0.25, 0.3) is 0 Å². The summed E-state index contributed by atoms with van der Waals surface area (Å²) in [7, 11) is 0. The van der Waals surface area contributed by atoms with Crippen LogP contribution in [0.5, 0.6) is 5.75 Å². The summed E-state index contributed by atoms with van der Waals surface area (Å²) in [5.41, 5.74) is 6.59. The number of benzene rings is 1. The van der Waals surface area contributed by atoms with E-state index in [0.29, 0.717) is 26.1 Å². The van der Waals surface area contributed by atoms with Gasteiger partial charge in [0, 0.05) is 32.7 Å². The van der Waals surface area contributed by atoms with E-state index in [0.717, 1.165) is 50.5 Å². The average Bonchev–Trinajstić information content (AvgIpc) is 2.69. The molecule has 0 aromatic heterocycles. The highest BCUT2D eigenvalue weighted by molar-refractivity contribution is 5.87. The largest absolute Gasteiger partial charge is 0.492 e. The molecule has 0 spiro atoms. The smallest absolute Gasteiger partial charge is 0.240 e. The molecule has 2 aliphatic heterocycles. The van der Waals surface area contributed by atoms with Crippen molar-refractivity contribution < 1.29 is 14.3 Å². The van der Waals surface area contributed by atoms with E-state index in [1.165, 1.54) is 0 Å². The van der Waals surface area contributed by atoms with E-state index in [9.17, 15) is 9.59 Å². The summed E-state index contributed by atoms with van der Waals surface area (Å²) in [6.45, 7) is 6.91. The lowest BCUT2D eigenvalue weighted by atomic mass is 10.0. The molecule has 0 radical (unpaired) electrons. The van der Waals surface area contributed by atoms with E-state index in [4.69, 9.17) is 10.5 Å². The van der Waals surface area contributed by atoms with Crippen molar-refractivity contribution in [1.29, 1.82) is 0 Å². The summed E-state index contributed by atoms with van der Waals surface area (Å²) < 4.78 is 5.74. The van der Waals surface area contributed by atoms with Gasteiger partial charge < -0.3 is 20.3 Å². The Morgan fingerprint density at radius 3 is 2.56 bits per heavy atom. The molecule has 0 aliphatic carbocycles. The Labute approximate surface area is 161 Å². The van der Waals surface area contributed by atoms with Gasteiger partial charge in [-0.15, -0.1) is 0 Å². The molecule has 2 aliphatic rings. The number of anilines is 1. The van der Waals surface area contributed by atoms with E-state index in [1.54, 1.807) is 4.90 Å². The number of primary amides is 1. The number of nitrogens with two attached hydrogens (primary N) is 1. The highest BCUT2D eigenvalue weighted by Crippen LogP contribution is 2.28. The Bertz CT molecular complexity index is 658. The second-order valence-corrected chi connectivity index (χ2v) is 7.17. The second kappa shape index (κ2) is 9.08. The third kappa shape index (κ3) is 4.71. The van der Waals surface area contributed by atoms with Crippen molar-refractivity contribution in [3.8, 4) is 5.75 Å². The van der Waals surface area contributed by atoms with Crippen LogP contribution in [0.15, 0.2) is 24.3 Å². The van der Waals surface area contributed by atoms with Crippen LogP contribution in [-0.4, -0.2) is 73.5 Å². The zero-order valence-electron chi connectivity index (χ0n) is 16.1. The van der Waals surface area contributed by atoms with Crippen molar-refractivity contribution in [2.24, 2.45) is 5.73 Å². The summed E-state index contributed by atoms with van der Waals surface area (Å²) in [6.07, 6.45) is 2.58. The van der Waals surface area contributed by atoms with Crippen LogP contribution in [0.4, 0.5) is 5.69 Å². The van der Waals surface area contributed by atoms with Gasteiger partial charge >= 0.3 is 0 Å². The van der Waals surface area contributed by atoms with Gasteiger partial charge in [-0.1, -0.05) is 12.1 Å². The molecule has 0 unspecified atom stereocenters. The Morgan fingerprint density at radius 2 is 1.85 bits per heavy atom. The molecule has 7 heteroatoms. The van der Waals surface area contributed by atoms with Crippen LogP contribution >= 0.6 is 0 Å². The minimum atomic E-state index is -0.439. The van der Waals surface area contributed by atoms with Crippen LogP contribution in [0.3, 0.4) is 0 Å². The maximum absolute atomic E-state index is 12.7. The molecule has 0 bridgehead atoms. The predicted octanol–water partition coefficient (Wildman–Crippen LogP) is 1.07. The van der Waals surface area contributed by atoms with E-state index in [2.05, 4.69) is 15.9 Å². The number of likely N-dealkylation sites (tertiary alicyclic amines) is 1. The molecule has 148 valence electrons. The zero-order valence-corrected chi connectivity index (χ0v) is 16.1. The maximum atomic E-state index is 12.7. The van der Waals surface area contributed by atoms with Crippen molar-refractivity contribution in [3.63, 3.8) is 0 Å². The number of carbonyl (C=O) groups is 2. The fraction of sp³-hybridized carbons (Fsp3) is 0.600. The lowest BCUT2D eigenvalue weighted by molar-refractivity contribution is -0.142. The molecule has 2 heterocycles. The first-order valence-corrected chi connectivity index (χ1v) is 9.88. The van der Waals surface area contributed by atoms with Crippen LogP contribution in [0, 0.1) is 0 Å². The van der Waals surface area contributed by atoms with Crippen LogP contribution in [-0.2, 0) is 9.59 Å². The fourth-order valence-corrected chi connectivity index (χ4v) is 3.95. The quantitative estimate of drug-likeness (QED) is 0.806. The lowest BCUT2D eigenvalue weighted by Gasteiger charge is -2.39. The van der Waals surface area contributed by atoms with Crippen LogP contribution in [0.25, 0.3) is 0 Å². The minimum absolute atomic E-state index is 0.0154. The normalized spacial score (nSPS) is 21.1. The summed E-state index contributed by atoms with van der Waals surface area (Å²) in [6, 6.07) is 7.64. The third-order valence-electron chi connectivity index (χ3n) is 5.39. The van der Waals surface area contributed by atoms with Gasteiger partial charge in [-0.2, -0.15) is 0 Å². The summed E-state index contributed by atoms with van der Waals surface area (Å²) in [5.74, 6) is 0.532. The summed E-state index contributed by atoms with van der Waals surface area (Å²) >= 11 is 0. The molecular formula is C20H30N4O3. The first-order chi connectivity index (χ1) is 13.1. The maximum Gasteiger partial charge on any atom is 0.240 e. The van der Waals surface area contributed by atoms with E-state index in [1.807, 2.05) is 25.1 Å². The molecule has 0 saturated carbocycles. The number of ether oxygens (including phenoxy) is 1. The van der Waals surface area contributed by atoms with E-state index < -0.39 is 6.04 Å². The highest BCUT2D eigenvalue weighted by atomic mass is 16.5. The minimum Gasteiger partial charge on any atom is -0.492 e. The Kier molecular flexibility index (Phi) is 6.55. The molecule has 1 aromatic rings. The molecule has 27 heavy (non-hydrogen) atoms. The predicted molar refractivity (Wildman–Crippen MR) is 105 cm³/mol. The number of piperazine rings is 1. The van der Waals surface area contributed by atoms with Gasteiger partial charge in [-0.05, 0) is 38.3 Å². The number of para-hydroxylation sites is 2. The van der Waals surface area contributed by atoms with Crippen LogP contribution < -0.4 is 15.4 Å². The number of carbonyl (C=O) groups excluding carboxylic acids is 2. The van der Waals surface area contributed by atoms with Crippen LogP contribution in [0.1, 0.15) is 26.2 Å². The van der Waals surface area contributed by atoms with Crippen molar-refractivity contribution in [3.05, 3.63) is 24.3 Å². The van der Waals surface area contributed by atoms with Crippen molar-refractivity contribution in [1.82, 2.24) is 9.80 Å². The first-order valence-electron chi connectivity index (χ1n) is 9.88. The summed E-state index contributed by atoms with van der Waals surface area (Å²) in [5, 5.41) is 0. The average molecular weight is 374 g/mol. The number of rotatable bonds is 6. The van der Waals surface area contributed by atoms with Crippen LogP contribution in [0.2, 0.25) is 0 Å². The number of nitrogens with zero attached hydrogens (tertiary/aromatic N) is 3. The Balaban J connectivity index is 1.55. The molecule has 2 N–H and O–H groups in total. The molecule has 2 saturated heterocycles. The number of hydrogen-bond acceptors (Lipinski definition) is 5. The SMILES string of the molecule is CCOc1ccccc1N1CCN(CC(=O)N2CCCC[C@@H]2C(N)=O)CC1. The highest BCUT2D eigenvalue weighted by Gasteiger charge is 2.32. The molecule has 1 aromatic carbocycles. The number of amides is 2. The Morgan fingerprint density at radius 1 is 1.11 bits per heavy atom.